The SMILES string of the molecule is CCc1ccc(Cc2ccc(C3CCNCC3)cc2)cc1C#N. The molecule has 1 aliphatic heterocycles. The fourth-order valence-electron chi connectivity index (χ4n) is 3.44. The van der Waals surface area contributed by atoms with E-state index in [1.54, 1.807) is 0 Å². The Hall–Kier alpha value is -2.11. The lowest BCUT2D eigenvalue weighted by atomic mass is 9.89. The normalized spacial score (nSPS) is 15.3. The highest BCUT2D eigenvalue weighted by Crippen LogP contribution is 2.25. The van der Waals surface area contributed by atoms with E-state index in [0.717, 1.165) is 37.1 Å². The van der Waals surface area contributed by atoms with E-state index in [-0.39, 0.29) is 0 Å². The molecular formula is C21H24N2. The van der Waals surface area contributed by atoms with Gasteiger partial charge in [-0.15, -0.1) is 0 Å². The summed E-state index contributed by atoms with van der Waals surface area (Å²) in [6, 6.07) is 17.7. The Morgan fingerprint density at radius 1 is 1.04 bits per heavy atom. The highest BCUT2D eigenvalue weighted by molar-refractivity contribution is 5.42. The van der Waals surface area contributed by atoms with Crippen molar-refractivity contribution in [2.75, 3.05) is 13.1 Å². The van der Waals surface area contributed by atoms with Crippen molar-refractivity contribution in [3.8, 4) is 6.07 Å². The molecule has 2 aromatic rings. The van der Waals surface area contributed by atoms with Gasteiger partial charge in [0, 0.05) is 0 Å². The van der Waals surface area contributed by atoms with Gasteiger partial charge in [0.2, 0.25) is 0 Å². The molecule has 0 atom stereocenters. The number of nitrogens with zero attached hydrogens (tertiary/aromatic N) is 1. The van der Waals surface area contributed by atoms with Gasteiger partial charge in [0.1, 0.15) is 0 Å². The Bertz CT molecular complexity index is 689. The Balaban J connectivity index is 1.72. The summed E-state index contributed by atoms with van der Waals surface area (Å²) in [5, 5.41) is 12.7. The van der Waals surface area contributed by atoms with E-state index in [1.165, 1.54) is 29.5 Å². The number of piperidine rings is 1. The number of hydrogen-bond donors (Lipinski definition) is 1. The minimum atomic E-state index is 0.708. The van der Waals surface area contributed by atoms with Crippen molar-refractivity contribution in [3.05, 3.63) is 70.3 Å². The molecule has 0 saturated carbocycles. The van der Waals surface area contributed by atoms with E-state index in [4.69, 9.17) is 0 Å². The van der Waals surface area contributed by atoms with E-state index < -0.39 is 0 Å². The molecule has 1 heterocycles. The van der Waals surface area contributed by atoms with Gasteiger partial charge in [-0.3, -0.25) is 0 Å². The highest BCUT2D eigenvalue weighted by atomic mass is 14.9. The molecule has 0 amide bonds. The Morgan fingerprint density at radius 3 is 2.39 bits per heavy atom. The lowest BCUT2D eigenvalue weighted by molar-refractivity contribution is 0.460. The standard InChI is InChI=1S/C21H24N2/c1-2-18-6-5-17(14-21(18)15-22)13-16-3-7-19(8-4-16)20-9-11-23-12-10-20/h3-8,14,20,23H,2,9-13H2,1H3. The summed E-state index contributed by atoms with van der Waals surface area (Å²) in [5.74, 6) is 0.708. The van der Waals surface area contributed by atoms with Crippen molar-refractivity contribution in [1.82, 2.24) is 5.32 Å². The largest absolute Gasteiger partial charge is 0.317 e. The molecule has 2 nitrogen and oxygen atoms in total. The number of hydrogen-bond acceptors (Lipinski definition) is 2. The van der Waals surface area contributed by atoms with Gasteiger partial charge >= 0.3 is 0 Å². The maximum Gasteiger partial charge on any atom is 0.0994 e. The molecule has 118 valence electrons. The summed E-state index contributed by atoms with van der Waals surface area (Å²) in [5.41, 5.74) is 5.95. The average Bonchev–Trinajstić information content (AvgIpc) is 2.63. The molecular weight excluding hydrogens is 280 g/mol. The molecule has 0 aromatic heterocycles. The summed E-state index contributed by atoms with van der Waals surface area (Å²) in [7, 11) is 0. The van der Waals surface area contributed by atoms with E-state index in [1.807, 2.05) is 6.07 Å². The van der Waals surface area contributed by atoms with Crippen LogP contribution in [0.3, 0.4) is 0 Å². The molecule has 0 unspecified atom stereocenters. The van der Waals surface area contributed by atoms with Crippen LogP contribution in [0.25, 0.3) is 0 Å². The number of benzene rings is 2. The number of nitriles is 1. The molecule has 1 fully saturated rings. The van der Waals surface area contributed by atoms with Crippen LogP contribution in [0, 0.1) is 11.3 Å². The first-order valence-electron chi connectivity index (χ1n) is 8.61. The number of rotatable bonds is 4. The van der Waals surface area contributed by atoms with Gasteiger partial charge in [-0.1, -0.05) is 43.3 Å². The van der Waals surface area contributed by atoms with Crippen LogP contribution in [0.4, 0.5) is 0 Å². The van der Waals surface area contributed by atoms with Crippen LogP contribution < -0.4 is 5.32 Å². The van der Waals surface area contributed by atoms with E-state index in [9.17, 15) is 5.26 Å². The summed E-state index contributed by atoms with van der Waals surface area (Å²) in [4.78, 5) is 0. The minimum Gasteiger partial charge on any atom is -0.317 e. The van der Waals surface area contributed by atoms with Gasteiger partial charge in [0.15, 0.2) is 0 Å². The van der Waals surface area contributed by atoms with Crippen molar-refractivity contribution >= 4 is 0 Å². The van der Waals surface area contributed by atoms with Crippen molar-refractivity contribution in [2.24, 2.45) is 0 Å². The van der Waals surface area contributed by atoms with Gasteiger partial charge in [-0.05, 0) is 73.0 Å². The van der Waals surface area contributed by atoms with Gasteiger partial charge in [-0.2, -0.15) is 5.26 Å². The summed E-state index contributed by atoms with van der Waals surface area (Å²) >= 11 is 0. The molecule has 2 aromatic carbocycles. The Labute approximate surface area is 139 Å². The van der Waals surface area contributed by atoms with E-state index >= 15 is 0 Å². The Kier molecular flexibility index (Phi) is 5.10. The second kappa shape index (κ2) is 7.44. The average molecular weight is 304 g/mol. The van der Waals surface area contributed by atoms with Crippen molar-refractivity contribution in [1.29, 1.82) is 5.26 Å². The summed E-state index contributed by atoms with van der Waals surface area (Å²) < 4.78 is 0. The molecule has 3 rings (SSSR count). The lowest BCUT2D eigenvalue weighted by Crippen LogP contribution is -2.26. The first kappa shape index (κ1) is 15.8. The molecule has 0 bridgehead atoms. The Morgan fingerprint density at radius 2 is 1.74 bits per heavy atom. The second-order valence-electron chi connectivity index (χ2n) is 6.40. The van der Waals surface area contributed by atoms with Crippen LogP contribution in [0.15, 0.2) is 42.5 Å². The zero-order valence-electron chi connectivity index (χ0n) is 13.8. The summed E-state index contributed by atoms with van der Waals surface area (Å²) in [6.07, 6.45) is 4.28. The molecule has 0 radical (unpaired) electrons. The van der Waals surface area contributed by atoms with Crippen molar-refractivity contribution in [3.63, 3.8) is 0 Å². The van der Waals surface area contributed by atoms with Gasteiger partial charge in [-0.25, -0.2) is 0 Å². The smallest absolute Gasteiger partial charge is 0.0994 e. The fraction of sp³-hybridized carbons (Fsp3) is 0.381. The van der Waals surface area contributed by atoms with Gasteiger partial charge < -0.3 is 5.32 Å². The van der Waals surface area contributed by atoms with Crippen LogP contribution in [-0.2, 0) is 12.8 Å². The van der Waals surface area contributed by atoms with Crippen molar-refractivity contribution < 1.29 is 0 Å². The lowest BCUT2D eigenvalue weighted by Gasteiger charge is -2.23. The second-order valence-corrected chi connectivity index (χ2v) is 6.40. The molecule has 0 spiro atoms. The third kappa shape index (κ3) is 3.81. The zero-order valence-corrected chi connectivity index (χ0v) is 13.8. The minimum absolute atomic E-state index is 0.708. The number of nitrogens with one attached hydrogen (secondary N) is 1. The molecule has 0 aliphatic carbocycles. The van der Waals surface area contributed by atoms with Gasteiger partial charge in [0.25, 0.3) is 0 Å². The van der Waals surface area contributed by atoms with Crippen LogP contribution in [0.2, 0.25) is 0 Å². The molecule has 2 heteroatoms. The van der Waals surface area contributed by atoms with Crippen LogP contribution in [0.1, 0.15) is 53.5 Å². The molecule has 1 saturated heterocycles. The maximum absolute atomic E-state index is 9.27. The highest BCUT2D eigenvalue weighted by Gasteiger charge is 2.14. The van der Waals surface area contributed by atoms with E-state index in [0.29, 0.717) is 5.92 Å². The quantitative estimate of drug-likeness (QED) is 0.920. The predicted molar refractivity (Wildman–Crippen MR) is 94.6 cm³/mol. The van der Waals surface area contributed by atoms with E-state index in [2.05, 4.69) is 54.7 Å². The summed E-state index contributed by atoms with van der Waals surface area (Å²) in [6.45, 7) is 4.36. The molecule has 23 heavy (non-hydrogen) atoms. The number of aryl methyl sites for hydroxylation is 1. The molecule has 1 aliphatic rings. The fourth-order valence-corrected chi connectivity index (χ4v) is 3.44. The third-order valence-electron chi connectivity index (χ3n) is 4.87. The zero-order chi connectivity index (χ0) is 16.1. The monoisotopic (exact) mass is 304 g/mol. The van der Waals surface area contributed by atoms with Gasteiger partial charge in [0.05, 0.1) is 11.6 Å². The predicted octanol–water partition coefficient (Wildman–Crippen LogP) is 4.18. The first-order valence-corrected chi connectivity index (χ1v) is 8.61. The first-order chi connectivity index (χ1) is 11.3. The maximum atomic E-state index is 9.27. The van der Waals surface area contributed by atoms with Crippen molar-refractivity contribution in [2.45, 2.75) is 38.5 Å². The third-order valence-corrected chi connectivity index (χ3v) is 4.87. The van der Waals surface area contributed by atoms with Crippen LogP contribution >= 0.6 is 0 Å². The topological polar surface area (TPSA) is 35.8 Å². The van der Waals surface area contributed by atoms with Crippen LogP contribution in [-0.4, -0.2) is 13.1 Å². The van der Waals surface area contributed by atoms with Crippen LogP contribution in [0.5, 0.6) is 0 Å². The molecule has 1 N–H and O–H groups in total.